The molecule has 7 nitrogen and oxygen atoms in total. The van der Waals surface area contributed by atoms with Crippen LogP contribution in [-0.4, -0.2) is 45.1 Å². The van der Waals surface area contributed by atoms with Gasteiger partial charge in [0.25, 0.3) is 0 Å². The molecule has 0 aromatic carbocycles. The van der Waals surface area contributed by atoms with Gasteiger partial charge in [-0.2, -0.15) is 0 Å². The zero-order chi connectivity index (χ0) is 21.2. The molecule has 0 aliphatic carbocycles. The Balaban J connectivity index is 1.39. The first-order valence-corrected chi connectivity index (χ1v) is 10.7. The average molecular weight is 414 g/mol. The maximum Gasteiger partial charge on any atom is 0.139 e. The summed E-state index contributed by atoms with van der Waals surface area (Å²) < 4.78 is 0. The third-order valence-corrected chi connectivity index (χ3v) is 5.68. The Morgan fingerprint density at radius 1 is 1.06 bits per heavy atom. The second-order valence-corrected chi connectivity index (χ2v) is 8.24. The maximum atomic E-state index is 4.93. The van der Waals surface area contributed by atoms with Gasteiger partial charge in [0.1, 0.15) is 11.5 Å². The molecule has 0 bridgehead atoms. The zero-order valence-electron chi connectivity index (χ0n) is 17.8. The molecule has 1 fully saturated rings. The van der Waals surface area contributed by atoms with Crippen LogP contribution in [0.5, 0.6) is 0 Å². The third kappa shape index (κ3) is 4.09. The predicted molar refractivity (Wildman–Crippen MR) is 125 cm³/mol. The molecule has 1 saturated heterocycles. The first-order chi connectivity index (χ1) is 15.2. The Morgan fingerprint density at radius 3 is 2.74 bits per heavy atom. The first-order valence-electron chi connectivity index (χ1n) is 10.7. The van der Waals surface area contributed by atoms with Gasteiger partial charge in [0.2, 0.25) is 0 Å². The second kappa shape index (κ2) is 8.35. The Hall–Kier alpha value is -3.45. The molecule has 4 aromatic heterocycles. The lowest BCUT2D eigenvalue weighted by Gasteiger charge is -2.37. The molecular weight excluding hydrogens is 386 g/mol. The molecule has 0 saturated carbocycles. The topological polar surface area (TPSA) is 81.8 Å². The summed E-state index contributed by atoms with van der Waals surface area (Å²) in [6.45, 7) is 7.02. The minimum atomic E-state index is 0.455. The van der Waals surface area contributed by atoms with Crippen LogP contribution in [0.25, 0.3) is 22.2 Å². The minimum absolute atomic E-state index is 0.455. The van der Waals surface area contributed by atoms with E-state index in [4.69, 9.17) is 4.98 Å². The molecular formula is C24H27N7. The highest BCUT2D eigenvalue weighted by molar-refractivity contribution is 6.02. The molecule has 1 aliphatic heterocycles. The molecule has 31 heavy (non-hydrogen) atoms. The van der Waals surface area contributed by atoms with E-state index in [1.165, 1.54) is 0 Å². The summed E-state index contributed by atoms with van der Waals surface area (Å²) in [4.78, 5) is 19.3. The summed E-state index contributed by atoms with van der Waals surface area (Å²) in [6.07, 6.45) is 7.47. The number of rotatable bonds is 5. The number of H-pyrrole nitrogens is 1. The Bertz CT molecular complexity index is 1160. The molecule has 5 heterocycles. The van der Waals surface area contributed by atoms with E-state index in [2.05, 4.69) is 68.6 Å². The zero-order valence-corrected chi connectivity index (χ0v) is 17.8. The average Bonchev–Trinajstić information content (AvgIpc) is 3.23. The van der Waals surface area contributed by atoms with Gasteiger partial charge in [0, 0.05) is 72.2 Å². The smallest absolute Gasteiger partial charge is 0.139 e. The monoisotopic (exact) mass is 413 g/mol. The predicted octanol–water partition coefficient (Wildman–Crippen LogP) is 3.82. The second-order valence-electron chi connectivity index (χ2n) is 8.24. The van der Waals surface area contributed by atoms with E-state index >= 15 is 0 Å². The van der Waals surface area contributed by atoms with Crippen molar-refractivity contribution in [3.63, 3.8) is 0 Å². The molecule has 0 radical (unpaired) electrons. The van der Waals surface area contributed by atoms with E-state index in [-0.39, 0.29) is 0 Å². The largest absolute Gasteiger partial charge is 0.379 e. The van der Waals surface area contributed by atoms with Crippen molar-refractivity contribution in [2.45, 2.75) is 32.5 Å². The maximum absolute atomic E-state index is 4.93. The fourth-order valence-corrected chi connectivity index (χ4v) is 4.39. The van der Waals surface area contributed by atoms with Crippen molar-refractivity contribution < 1.29 is 0 Å². The van der Waals surface area contributed by atoms with Crippen molar-refractivity contribution >= 4 is 22.5 Å². The van der Waals surface area contributed by atoms with E-state index in [9.17, 15) is 0 Å². The fraction of sp³-hybridized carbons (Fsp3) is 0.292. The summed E-state index contributed by atoms with van der Waals surface area (Å²) in [7, 11) is 0. The van der Waals surface area contributed by atoms with Gasteiger partial charge in [-0.05, 0) is 38.1 Å². The molecule has 3 N–H and O–H groups in total. The molecule has 158 valence electrons. The Morgan fingerprint density at radius 2 is 1.94 bits per heavy atom. The first kappa shape index (κ1) is 19.5. The standard InChI is InChI=1S/C24H27N7/c1-16-14-31(15-17(2)29-16)22-7-3-6-19(30-22)12-27-21-8-10-26-24-23(21)20(13-28-24)18-5-4-9-25-11-18/h3-11,13,16-17,29H,12,14-15H2,1-2H3,(H2,26,27,28)/t16-,17+. The van der Waals surface area contributed by atoms with Crippen LogP contribution in [0.1, 0.15) is 19.5 Å². The molecule has 4 aromatic rings. The highest BCUT2D eigenvalue weighted by Gasteiger charge is 2.22. The number of anilines is 2. The number of aromatic amines is 1. The van der Waals surface area contributed by atoms with Crippen LogP contribution in [0.15, 0.2) is 61.2 Å². The van der Waals surface area contributed by atoms with Crippen LogP contribution in [0.3, 0.4) is 0 Å². The highest BCUT2D eigenvalue weighted by Crippen LogP contribution is 2.32. The number of pyridine rings is 3. The van der Waals surface area contributed by atoms with E-state index in [1.54, 1.807) is 6.20 Å². The lowest BCUT2D eigenvalue weighted by Crippen LogP contribution is -2.54. The molecule has 0 spiro atoms. The van der Waals surface area contributed by atoms with Crippen LogP contribution in [0, 0.1) is 0 Å². The molecule has 7 heteroatoms. The van der Waals surface area contributed by atoms with Gasteiger partial charge >= 0.3 is 0 Å². The van der Waals surface area contributed by atoms with Crippen LogP contribution >= 0.6 is 0 Å². The number of fused-ring (bicyclic) bond motifs is 1. The van der Waals surface area contributed by atoms with Gasteiger partial charge in [0.05, 0.1) is 12.2 Å². The number of piperazine rings is 1. The van der Waals surface area contributed by atoms with Crippen molar-refractivity contribution in [1.82, 2.24) is 25.3 Å². The van der Waals surface area contributed by atoms with Crippen molar-refractivity contribution in [3.8, 4) is 11.1 Å². The van der Waals surface area contributed by atoms with Gasteiger partial charge in [-0.1, -0.05) is 12.1 Å². The summed E-state index contributed by atoms with van der Waals surface area (Å²) >= 11 is 0. The van der Waals surface area contributed by atoms with Crippen molar-refractivity contribution in [3.05, 3.63) is 66.9 Å². The highest BCUT2D eigenvalue weighted by atomic mass is 15.3. The van der Waals surface area contributed by atoms with Crippen molar-refractivity contribution in [2.75, 3.05) is 23.3 Å². The van der Waals surface area contributed by atoms with E-state index < -0.39 is 0 Å². The Kier molecular flexibility index (Phi) is 5.26. The SMILES string of the molecule is C[C@@H]1CN(c2cccc(CNc3ccnc4[nH]cc(-c5cccnc5)c34)n2)C[C@H](C)N1. The number of nitrogens with zero attached hydrogens (tertiary/aromatic N) is 4. The van der Waals surface area contributed by atoms with Gasteiger partial charge in [-0.3, -0.25) is 4.98 Å². The van der Waals surface area contributed by atoms with Crippen LogP contribution in [0.2, 0.25) is 0 Å². The van der Waals surface area contributed by atoms with Gasteiger partial charge in [0.15, 0.2) is 0 Å². The summed E-state index contributed by atoms with van der Waals surface area (Å²) in [5, 5.41) is 8.22. The number of hydrogen-bond acceptors (Lipinski definition) is 6. The van der Waals surface area contributed by atoms with Crippen LogP contribution in [0.4, 0.5) is 11.5 Å². The summed E-state index contributed by atoms with van der Waals surface area (Å²) in [5.74, 6) is 1.04. The lowest BCUT2D eigenvalue weighted by atomic mass is 10.1. The van der Waals surface area contributed by atoms with Gasteiger partial charge in [-0.25, -0.2) is 9.97 Å². The molecule has 0 amide bonds. The minimum Gasteiger partial charge on any atom is -0.379 e. The van der Waals surface area contributed by atoms with Crippen molar-refractivity contribution in [1.29, 1.82) is 0 Å². The number of hydrogen-bond donors (Lipinski definition) is 3. The third-order valence-electron chi connectivity index (χ3n) is 5.68. The quantitative estimate of drug-likeness (QED) is 0.461. The molecule has 0 unspecified atom stereocenters. The van der Waals surface area contributed by atoms with E-state index in [0.29, 0.717) is 18.6 Å². The molecule has 1 aliphatic rings. The fourth-order valence-electron chi connectivity index (χ4n) is 4.39. The van der Waals surface area contributed by atoms with Gasteiger partial charge < -0.3 is 20.5 Å². The number of nitrogens with one attached hydrogen (secondary N) is 3. The van der Waals surface area contributed by atoms with Gasteiger partial charge in [-0.15, -0.1) is 0 Å². The molecule has 2 atom stereocenters. The summed E-state index contributed by atoms with van der Waals surface area (Å²) in [5.41, 5.74) is 5.05. The lowest BCUT2D eigenvalue weighted by molar-refractivity contribution is 0.405. The van der Waals surface area contributed by atoms with E-state index in [1.807, 2.05) is 30.7 Å². The molecule has 5 rings (SSSR count). The van der Waals surface area contributed by atoms with Crippen LogP contribution in [-0.2, 0) is 6.54 Å². The Labute approximate surface area is 182 Å². The normalized spacial score (nSPS) is 19.0. The number of aromatic nitrogens is 4. The van der Waals surface area contributed by atoms with E-state index in [0.717, 1.165) is 52.4 Å². The summed E-state index contributed by atoms with van der Waals surface area (Å²) in [6, 6.07) is 13.2. The van der Waals surface area contributed by atoms with Crippen molar-refractivity contribution in [2.24, 2.45) is 0 Å². The van der Waals surface area contributed by atoms with Crippen LogP contribution < -0.4 is 15.5 Å².